The number of rotatable bonds is 4. The molecule has 0 radical (unpaired) electrons. The molecule has 2 heterocycles. The van der Waals surface area contributed by atoms with Crippen molar-refractivity contribution in [2.45, 2.75) is 51.4 Å². The number of amides is 1. The van der Waals surface area contributed by atoms with E-state index >= 15 is 0 Å². The number of carbonyl (C=O) groups excluding carboxylic acids is 1. The smallest absolute Gasteiger partial charge is 0.269 e. The maximum atomic E-state index is 13.3. The number of hydrogen-bond donors (Lipinski definition) is 0. The Morgan fingerprint density at radius 3 is 2.32 bits per heavy atom. The molecule has 4 bridgehead atoms. The van der Waals surface area contributed by atoms with Crippen LogP contribution in [0.4, 0.5) is 0 Å². The third-order valence-corrected chi connectivity index (χ3v) is 7.22. The predicted octanol–water partition coefficient (Wildman–Crippen LogP) is 3.75. The first-order valence-corrected chi connectivity index (χ1v) is 10.2. The Labute approximate surface area is 150 Å². The summed E-state index contributed by atoms with van der Waals surface area (Å²) in [6.07, 6.45) is 14.3. The van der Waals surface area contributed by atoms with Crippen molar-refractivity contribution >= 4 is 5.91 Å². The number of hydrazine groups is 1. The number of carbonyl (C=O) groups is 1. The van der Waals surface area contributed by atoms with Crippen LogP contribution in [-0.4, -0.2) is 40.5 Å². The Bertz CT molecular complexity index is 603. The van der Waals surface area contributed by atoms with Gasteiger partial charge in [-0.05, 0) is 86.7 Å². The van der Waals surface area contributed by atoms with Gasteiger partial charge in [0, 0.05) is 32.0 Å². The number of hydrogen-bond acceptors (Lipinski definition) is 3. The van der Waals surface area contributed by atoms with Crippen molar-refractivity contribution in [2.24, 2.45) is 23.2 Å². The largest absolute Gasteiger partial charge is 0.271 e. The fourth-order valence-electron chi connectivity index (χ4n) is 6.68. The molecule has 1 aromatic heterocycles. The SMILES string of the molecule is O=C(c1cccnc1)N(CC12CC3CC(CC(C3)C1)C2)N1CCCC1. The van der Waals surface area contributed by atoms with Gasteiger partial charge in [0.15, 0.2) is 0 Å². The monoisotopic (exact) mass is 339 g/mol. The molecular weight excluding hydrogens is 310 g/mol. The van der Waals surface area contributed by atoms with Gasteiger partial charge in [-0.1, -0.05) is 0 Å². The minimum atomic E-state index is 0.158. The molecule has 0 aromatic carbocycles. The van der Waals surface area contributed by atoms with Crippen LogP contribution in [-0.2, 0) is 0 Å². The minimum Gasteiger partial charge on any atom is -0.271 e. The van der Waals surface area contributed by atoms with E-state index in [4.69, 9.17) is 0 Å². The molecule has 1 amide bonds. The van der Waals surface area contributed by atoms with Gasteiger partial charge in [0.25, 0.3) is 5.91 Å². The van der Waals surface area contributed by atoms with Crippen molar-refractivity contribution in [3.63, 3.8) is 0 Å². The Kier molecular flexibility index (Phi) is 3.85. The summed E-state index contributed by atoms with van der Waals surface area (Å²) in [6, 6.07) is 3.79. The first-order valence-electron chi connectivity index (χ1n) is 10.2. The van der Waals surface area contributed by atoms with Gasteiger partial charge in [-0.15, -0.1) is 0 Å². The molecule has 1 aliphatic heterocycles. The average Bonchev–Trinajstić information content (AvgIpc) is 3.13. The van der Waals surface area contributed by atoms with E-state index < -0.39 is 0 Å². The van der Waals surface area contributed by atoms with E-state index in [2.05, 4.69) is 15.0 Å². The third-order valence-electron chi connectivity index (χ3n) is 7.22. The predicted molar refractivity (Wildman–Crippen MR) is 96.7 cm³/mol. The van der Waals surface area contributed by atoms with Crippen molar-refractivity contribution in [3.8, 4) is 0 Å². The fourth-order valence-corrected chi connectivity index (χ4v) is 6.68. The van der Waals surface area contributed by atoms with Crippen LogP contribution in [0.1, 0.15) is 61.7 Å². The molecule has 134 valence electrons. The highest BCUT2D eigenvalue weighted by Gasteiger charge is 2.52. The van der Waals surface area contributed by atoms with Gasteiger partial charge in [0.2, 0.25) is 0 Å². The van der Waals surface area contributed by atoms with Gasteiger partial charge < -0.3 is 0 Å². The molecule has 4 saturated carbocycles. The van der Waals surface area contributed by atoms with Gasteiger partial charge in [-0.2, -0.15) is 0 Å². The van der Waals surface area contributed by atoms with Gasteiger partial charge in [0.1, 0.15) is 0 Å². The lowest BCUT2D eigenvalue weighted by molar-refractivity contribution is -0.0964. The number of nitrogens with zero attached hydrogens (tertiary/aromatic N) is 3. The molecule has 25 heavy (non-hydrogen) atoms. The summed E-state index contributed by atoms with van der Waals surface area (Å²) in [5.41, 5.74) is 1.12. The van der Waals surface area contributed by atoms with Crippen LogP contribution in [0.5, 0.6) is 0 Å². The van der Waals surface area contributed by atoms with Crippen molar-refractivity contribution in [1.29, 1.82) is 0 Å². The molecule has 1 saturated heterocycles. The van der Waals surface area contributed by atoms with Crippen molar-refractivity contribution in [2.75, 3.05) is 19.6 Å². The average molecular weight is 339 g/mol. The summed E-state index contributed by atoms with van der Waals surface area (Å²) in [5.74, 6) is 2.95. The zero-order chi connectivity index (χ0) is 16.9. The lowest BCUT2D eigenvalue weighted by atomic mass is 9.49. The minimum absolute atomic E-state index is 0.158. The molecule has 6 rings (SSSR count). The van der Waals surface area contributed by atoms with E-state index in [9.17, 15) is 4.79 Å². The van der Waals surface area contributed by atoms with E-state index in [1.165, 1.54) is 51.4 Å². The maximum absolute atomic E-state index is 13.3. The second-order valence-corrected chi connectivity index (χ2v) is 9.18. The third kappa shape index (κ3) is 2.88. The molecule has 4 nitrogen and oxygen atoms in total. The second-order valence-electron chi connectivity index (χ2n) is 9.18. The van der Waals surface area contributed by atoms with Crippen LogP contribution >= 0.6 is 0 Å². The van der Waals surface area contributed by atoms with Gasteiger partial charge in [-0.3, -0.25) is 14.8 Å². The molecule has 1 aromatic rings. The van der Waals surface area contributed by atoms with Crippen molar-refractivity contribution in [1.82, 2.24) is 15.0 Å². The van der Waals surface area contributed by atoms with E-state index in [-0.39, 0.29) is 5.91 Å². The van der Waals surface area contributed by atoms with Crippen LogP contribution < -0.4 is 0 Å². The van der Waals surface area contributed by atoms with Crippen LogP contribution in [0.2, 0.25) is 0 Å². The van der Waals surface area contributed by atoms with Gasteiger partial charge in [0.05, 0.1) is 5.56 Å². The Hall–Kier alpha value is -1.42. The molecule has 0 unspecified atom stereocenters. The first-order chi connectivity index (χ1) is 12.2. The van der Waals surface area contributed by atoms with Gasteiger partial charge in [-0.25, -0.2) is 5.01 Å². The molecule has 4 heteroatoms. The second kappa shape index (κ2) is 6.08. The summed E-state index contributed by atoms with van der Waals surface area (Å²) < 4.78 is 0. The molecule has 0 atom stereocenters. The van der Waals surface area contributed by atoms with Crippen LogP contribution in [0, 0.1) is 23.2 Å². The molecule has 0 N–H and O–H groups in total. The molecule has 0 spiro atoms. The zero-order valence-corrected chi connectivity index (χ0v) is 15.1. The Morgan fingerprint density at radius 2 is 1.76 bits per heavy atom. The standard InChI is InChI=1S/C21H29N3O/c25-20(19-4-3-5-22-14-19)24(23-6-1-2-7-23)15-21-11-16-8-17(12-21)10-18(9-16)13-21/h3-5,14,16-18H,1-2,6-13,15H2. The highest BCUT2D eigenvalue weighted by Crippen LogP contribution is 2.60. The fraction of sp³-hybridized carbons (Fsp3) is 0.714. The highest BCUT2D eigenvalue weighted by atomic mass is 16.2. The molecular formula is C21H29N3O. The number of aromatic nitrogens is 1. The zero-order valence-electron chi connectivity index (χ0n) is 15.1. The van der Waals surface area contributed by atoms with Crippen molar-refractivity contribution < 1.29 is 4.79 Å². The molecule has 5 fully saturated rings. The van der Waals surface area contributed by atoms with Gasteiger partial charge >= 0.3 is 0 Å². The number of pyridine rings is 1. The summed E-state index contributed by atoms with van der Waals surface area (Å²) in [5, 5.41) is 4.45. The molecule has 5 aliphatic rings. The van der Waals surface area contributed by atoms with Crippen molar-refractivity contribution in [3.05, 3.63) is 30.1 Å². The van der Waals surface area contributed by atoms with E-state index in [1.807, 2.05) is 12.1 Å². The van der Waals surface area contributed by atoms with Crippen LogP contribution in [0.3, 0.4) is 0 Å². The Balaban J connectivity index is 1.42. The van der Waals surface area contributed by atoms with E-state index in [0.717, 1.165) is 43.0 Å². The van der Waals surface area contributed by atoms with E-state index in [0.29, 0.717) is 5.41 Å². The summed E-state index contributed by atoms with van der Waals surface area (Å²) in [6.45, 7) is 2.99. The summed E-state index contributed by atoms with van der Waals surface area (Å²) in [7, 11) is 0. The van der Waals surface area contributed by atoms with Crippen LogP contribution in [0.25, 0.3) is 0 Å². The van der Waals surface area contributed by atoms with Crippen LogP contribution in [0.15, 0.2) is 24.5 Å². The summed E-state index contributed by atoms with van der Waals surface area (Å²) >= 11 is 0. The first kappa shape index (κ1) is 15.8. The maximum Gasteiger partial charge on any atom is 0.269 e. The van der Waals surface area contributed by atoms with E-state index in [1.54, 1.807) is 12.4 Å². The Morgan fingerprint density at radius 1 is 1.12 bits per heavy atom. The normalized spacial score (nSPS) is 36.7. The molecule has 4 aliphatic carbocycles. The topological polar surface area (TPSA) is 36.4 Å². The quantitative estimate of drug-likeness (QED) is 0.838. The lowest BCUT2D eigenvalue weighted by Crippen LogP contribution is -2.55. The highest BCUT2D eigenvalue weighted by molar-refractivity contribution is 5.93. The lowest BCUT2D eigenvalue weighted by Gasteiger charge is -2.58. The summed E-state index contributed by atoms with van der Waals surface area (Å²) in [4.78, 5) is 17.5.